The largest absolute Gasteiger partial charge is 0.478 e. The van der Waals surface area contributed by atoms with Crippen molar-refractivity contribution in [2.24, 2.45) is 0 Å². The number of piperidine rings is 1. The average Bonchev–Trinajstić information content (AvgIpc) is 2.39. The molecule has 0 spiro atoms. The smallest absolute Gasteiger partial charge is 0.337 e. The number of halogens is 1. The lowest BCUT2D eigenvalue weighted by Crippen LogP contribution is -2.38. The van der Waals surface area contributed by atoms with Gasteiger partial charge in [-0.25, -0.2) is 4.79 Å². The van der Waals surface area contributed by atoms with Gasteiger partial charge >= 0.3 is 5.97 Å². The number of rotatable bonds is 5. The van der Waals surface area contributed by atoms with Gasteiger partial charge in [0.05, 0.1) is 10.6 Å². The van der Waals surface area contributed by atoms with Crippen LogP contribution >= 0.6 is 11.6 Å². The Morgan fingerprint density at radius 2 is 2.10 bits per heavy atom. The Balaban J connectivity index is 1.92. The van der Waals surface area contributed by atoms with Gasteiger partial charge in [0, 0.05) is 18.3 Å². The highest BCUT2D eigenvalue weighted by molar-refractivity contribution is 6.33. The van der Waals surface area contributed by atoms with Crippen LogP contribution in [-0.4, -0.2) is 41.7 Å². The van der Waals surface area contributed by atoms with Gasteiger partial charge < -0.3 is 15.3 Å². The molecular weight excluding hydrogens is 276 g/mol. The summed E-state index contributed by atoms with van der Waals surface area (Å²) in [7, 11) is 0. The van der Waals surface area contributed by atoms with Gasteiger partial charge in [-0.3, -0.25) is 0 Å². The number of aromatic carboxylic acids is 1. The molecule has 0 aliphatic carbocycles. The first-order chi connectivity index (χ1) is 9.56. The Labute approximate surface area is 124 Å². The number of likely N-dealkylation sites (tertiary alicyclic amines) is 1. The SMILES string of the molecule is CC(CN1CCCCC1)Nc1ccc(C(=O)O)c(Cl)c1. The van der Waals surface area contributed by atoms with E-state index in [0.717, 1.165) is 12.2 Å². The number of carboxylic acid groups (broad SMARTS) is 1. The molecule has 0 saturated carbocycles. The molecule has 1 aromatic rings. The van der Waals surface area contributed by atoms with Gasteiger partial charge in [0.2, 0.25) is 0 Å². The van der Waals surface area contributed by atoms with Crippen molar-refractivity contribution in [2.75, 3.05) is 25.0 Å². The predicted molar refractivity (Wildman–Crippen MR) is 81.8 cm³/mol. The molecule has 110 valence electrons. The lowest BCUT2D eigenvalue weighted by molar-refractivity contribution is 0.0697. The first-order valence-corrected chi connectivity index (χ1v) is 7.46. The topological polar surface area (TPSA) is 52.6 Å². The fourth-order valence-electron chi connectivity index (χ4n) is 2.64. The Morgan fingerprint density at radius 3 is 2.70 bits per heavy atom. The van der Waals surface area contributed by atoms with Crippen LogP contribution < -0.4 is 5.32 Å². The van der Waals surface area contributed by atoms with Crippen LogP contribution in [0.15, 0.2) is 18.2 Å². The van der Waals surface area contributed by atoms with Crippen molar-refractivity contribution in [1.29, 1.82) is 0 Å². The van der Waals surface area contributed by atoms with Gasteiger partial charge in [-0.15, -0.1) is 0 Å². The molecule has 1 aliphatic heterocycles. The van der Waals surface area contributed by atoms with E-state index >= 15 is 0 Å². The van der Waals surface area contributed by atoms with Crippen LogP contribution in [0.3, 0.4) is 0 Å². The van der Waals surface area contributed by atoms with Crippen molar-refractivity contribution in [1.82, 2.24) is 4.90 Å². The van der Waals surface area contributed by atoms with Crippen molar-refractivity contribution in [2.45, 2.75) is 32.2 Å². The van der Waals surface area contributed by atoms with Crippen molar-refractivity contribution in [3.63, 3.8) is 0 Å². The van der Waals surface area contributed by atoms with Crippen LogP contribution in [0.1, 0.15) is 36.5 Å². The van der Waals surface area contributed by atoms with E-state index in [2.05, 4.69) is 17.1 Å². The molecule has 1 saturated heterocycles. The second-order valence-corrected chi connectivity index (χ2v) is 5.81. The molecule has 1 aliphatic rings. The zero-order valence-electron chi connectivity index (χ0n) is 11.7. The third-order valence-corrected chi connectivity index (χ3v) is 3.91. The molecule has 1 fully saturated rings. The van der Waals surface area contributed by atoms with Gasteiger partial charge in [0.1, 0.15) is 0 Å². The minimum atomic E-state index is -0.997. The van der Waals surface area contributed by atoms with E-state index in [1.54, 1.807) is 18.2 Å². The molecule has 0 amide bonds. The number of carboxylic acids is 1. The second-order valence-electron chi connectivity index (χ2n) is 5.41. The molecular formula is C15H21ClN2O2. The van der Waals surface area contributed by atoms with Crippen LogP contribution in [0.4, 0.5) is 5.69 Å². The van der Waals surface area contributed by atoms with Crippen LogP contribution in [0.25, 0.3) is 0 Å². The molecule has 1 aromatic carbocycles. The highest BCUT2D eigenvalue weighted by atomic mass is 35.5. The zero-order chi connectivity index (χ0) is 14.5. The molecule has 0 aromatic heterocycles. The molecule has 0 radical (unpaired) electrons. The lowest BCUT2D eigenvalue weighted by atomic mass is 10.1. The van der Waals surface area contributed by atoms with E-state index < -0.39 is 5.97 Å². The fourth-order valence-corrected chi connectivity index (χ4v) is 2.90. The van der Waals surface area contributed by atoms with E-state index in [9.17, 15) is 4.79 Å². The summed E-state index contributed by atoms with van der Waals surface area (Å²) in [6, 6.07) is 5.29. The van der Waals surface area contributed by atoms with Crippen LogP contribution in [0, 0.1) is 0 Å². The first-order valence-electron chi connectivity index (χ1n) is 7.08. The highest BCUT2D eigenvalue weighted by Crippen LogP contribution is 2.21. The summed E-state index contributed by atoms with van der Waals surface area (Å²) >= 11 is 5.97. The molecule has 2 rings (SSSR count). The lowest BCUT2D eigenvalue weighted by Gasteiger charge is -2.29. The fraction of sp³-hybridized carbons (Fsp3) is 0.533. The molecule has 20 heavy (non-hydrogen) atoms. The van der Waals surface area contributed by atoms with Crippen molar-refractivity contribution in [3.05, 3.63) is 28.8 Å². The van der Waals surface area contributed by atoms with Gasteiger partial charge in [-0.05, 0) is 51.1 Å². The average molecular weight is 297 g/mol. The van der Waals surface area contributed by atoms with Crippen LogP contribution in [0.2, 0.25) is 5.02 Å². The number of hydrogen-bond acceptors (Lipinski definition) is 3. The summed E-state index contributed by atoms with van der Waals surface area (Å²) in [5.74, 6) is -0.997. The minimum Gasteiger partial charge on any atom is -0.478 e. The summed E-state index contributed by atoms with van der Waals surface area (Å²) < 4.78 is 0. The number of nitrogens with one attached hydrogen (secondary N) is 1. The predicted octanol–water partition coefficient (Wildman–Crippen LogP) is 3.32. The summed E-state index contributed by atoms with van der Waals surface area (Å²) in [5.41, 5.74) is 1.01. The second kappa shape index (κ2) is 6.95. The number of nitrogens with zero attached hydrogens (tertiary/aromatic N) is 1. The number of carbonyl (C=O) groups is 1. The summed E-state index contributed by atoms with van der Waals surface area (Å²) in [5, 5.41) is 12.6. The Kier molecular flexibility index (Phi) is 5.26. The van der Waals surface area contributed by atoms with E-state index in [1.807, 2.05) is 0 Å². The molecule has 4 nitrogen and oxygen atoms in total. The van der Waals surface area contributed by atoms with E-state index in [-0.39, 0.29) is 10.6 Å². The first kappa shape index (κ1) is 15.1. The van der Waals surface area contributed by atoms with Gasteiger partial charge in [0.25, 0.3) is 0 Å². The number of hydrogen-bond donors (Lipinski definition) is 2. The Bertz CT molecular complexity index is 473. The third-order valence-electron chi connectivity index (χ3n) is 3.59. The third kappa shape index (κ3) is 4.12. The normalized spacial score (nSPS) is 17.7. The van der Waals surface area contributed by atoms with Crippen LogP contribution in [-0.2, 0) is 0 Å². The molecule has 5 heteroatoms. The molecule has 1 heterocycles. The summed E-state index contributed by atoms with van der Waals surface area (Å²) in [6.07, 6.45) is 3.91. The Morgan fingerprint density at radius 1 is 1.40 bits per heavy atom. The molecule has 1 atom stereocenters. The maximum atomic E-state index is 10.9. The minimum absolute atomic E-state index is 0.140. The van der Waals surface area contributed by atoms with Crippen molar-refractivity contribution >= 4 is 23.3 Å². The maximum absolute atomic E-state index is 10.9. The van der Waals surface area contributed by atoms with Gasteiger partial charge in [-0.2, -0.15) is 0 Å². The maximum Gasteiger partial charge on any atom is 0.337 e. The molecule has 2 N–H and O–H groups in total. The Hall–Kier alpha value is -1.26. The highest BCUT2D eigenvalue weighted by Gasteiger charge is 2.14. The summed E-state index contributed by atoms with van der Waals surface area (Å²) in [6.45, 7) is 5.47. The monoisotopic (exact) mass is 296 g/mol. The van der Waals surface area contributed by atoms with E-state index in [0.29, 0.717) is 6.04 Å². The van der Waals surface area contributed by atoms with E-state index in [4.69, 9.17) is 16.7 Å². The standard InChI is InChI=1S/C15H21ClN2O2/c1-11(10-18-7-3-2-4-8-18)17-12-5-6-13(15(19)20)14(16)9-12/h5-6,9,11,17H,2-4,7-8,10H2,1H3,(H,19,20). The van der Waals surface area contributed by atoms with Gasteiger partial charge in [-0.1, -0.05) is 18.0 Å². The number of anilines is 1. The quantitative estimate of drug-likeness (QED) is 0.875. The summed E-state index contributed by atoms with van der Waals surface area (Å²) in [4.78, 5) is 13.4. The van der Waals surface area contributed by atoms with Crippen molar-refractivity contribution < 1.29 is 9.90 Å². The van der Waals surface area contributed by atoms with E-state index in [1.165, 1.54) is 32.4 Å². The molecule has 0 bridgehead atoms. The number of benzene rings is 1. The van der Waals surface area contributed by atoms with Gasteiger partial charge in [0.15, 0.2) is 0 Å². The zero-order valence-corrected chi connectivity index (χ0v) is 12.5. The molecule has 1 unspecified atom stereocenters. The van der Waals surface area contributed by atoms with Crippen LogP contribution in [0.5, 0.6) is 0 Å². The van der Waals surface area contributed by atoms with Crippen molar-refractivity contribution in [3.8, 4) is 0 Å².